The van der Waals surface area contributed by atoms with E-state index in [9.17, 15) is 0 Å². The minimum atomic E-state index is 0. The van der Waals surface area contributed by atoms with Gasteiger partial charge in [-0.1, -0.05) is 6.92 Å². The Labute approximate surface area is 90.1 Å². The maximum atomic E-state index is 7.00. The first-order valence-corrected chi connectivity index (χ1v) is 3.23. The maximum absolute atomic E-state index is 7.00. The van der Waals surface area contributed by atoms with Crippen molar-refractivity contribution in [1.29, 1.82) is 0 Å². The summed E-state index contributed by atoms with van der Waals surface area (Å²) in [5.74, 6) is 1.82. The van der Waals surface area contributed by atoms with Gasteiger partial charge in [0.2, 0.25) is 0 Å². The van der Waals surface area contributed by atoms with Gasteiger partial charge in [0.1, 0.15) is 0 Å². The van der Waals surface area contributed by atoms with Crippen molar-refractivity contribution in [2.45, 2.75) is 13.3 Å². The first-order chi connectivity index (χ1) is 4.91. The van der Waals surface area contributed by atoms with Crippen LogP contribution in [0.2, 0.25) is 0 Å². The molecule has 3 N–H and O–H groups in total. The fraction of sp³-hybridized carbons (Fsp3) is 0.833. The third-order valence-electron chi connectivity index (χ3n) is 0.183. The Balaban J connectivity index is -0.0000000152. The number of hydrogen-bond acceptors (Lipinski definition) is 4. The Morgan fingerprint density at radius 1 is 1.00 bits per heavy atom. The van der Waals surface area contributed by atoms with Crippen LogP contribution >= 0.6 is 12.6 Å². The molecular formula is C6H19O3STi-. The van der Waals surface area contributed by atoms with E-state index >= 15 is 0 Å². The van der Waals surface area contributed by atoms with Gasteiger partial charge in [0.15, 0.2) is 0 Å². The summed E-state index contributed by atoms with van der Waals surface area (Å²) in [6, 6.07) is 0. The molecule has 0 heterocycles. The van der Waals surface area contributed by atoms with Gasteiger partial charge in [-0.15, -0.1) is 0 Å². The van der Waals surface area contributed by atoms with Crippen LogP contribution in [-0.2, 0) is 21.7 Å². The number of thiol groups is 1. The van der Waals surface area contributed by atoms with Gasteiger partial charge in [-0.05, 0) is 0 Å². The molecule has 0 saturated heterocycles. The molecule has 0 saturated carbocycles. The molecule has 0 spiro atoms. The van der Waals surface area contributed by atoms with Crippen LogP contribution < -0.4 is 0 Å². The van der Waals surface area contributed by atoms with E-state index in [0.717, 1.165) is 27.8 Å². The molecule has 0 fully saturated rings. The smallest absolute Gasteiger partial charge is 0.0319 e. The van der Waals surface area contributed by atoms with Crippen molar-refractivity contribution in [2.24, 2.45) is 0 Å². The molecule has 0 amide bonds. The van der Waals surface area contributed by atoms with Gasteiger partial charge in [0, 0.05) is 43.0 Å². The van der Waals surface area contributed by atoms with Crippen molar-refractivity contribution in [3.05, 3.63) is 5.75 Å². The summed E-state index contributed by atoms with van der Waals surface area (Å²) in [6.45, 7) is 2.05. The van der Waals surface area contributed by atoms with Crippen molar-refractivity contribution in [2.75, 3.05) is 21.3 Å². The summed E-state index contributed by atoms with van der Waals surface area (Å²) in [5, 5.41) is 21.0. The van der Waals surface area contributed by atoms with Crippen molar-refractivity contribution in [3.8, 4) is 0 Å². The van der Waals surface area contributed by atoms with Crippen LogP contribution in [0.3, 0.4) is 0 Å². The van der Waals surface area contributed by atoms with Crippen LogP contribution in [0.4, 0.5) is 0 Å². The van der Waals surface area contributed by atoms with Gasteiger partial charge in [-0.2, -0.15) is 6.42 Å². The molecule has 0 atom stereocenters. The van der Waals surface area contributed by atoms with E-state index in [2.05, 4.69) is 12.6 Å². The van der Waals surface area contributed by atoms with Crippen molar-refractivity contribution >= 4 is 12.6 Å². The van der Waals surface area contributed by atoms with Crippen molar-refractivity contribution in [1.82, 2.24) is 0 Å². The van der Waals surface area contributed by atoms with Gasteiger partial charge in [0.25, 0.3) is 0 Å². The van der Waals surface area contributed by atoms with Crippen LogP contribution in [0.25, 0.3) is 0 Å². The molecule has 0 radical (unpaired) electrons. The Kier molecular flexibility index (Phi) is 337. The van der Waals surface area contributed by atoms with E-state index in [0.29, 0.717) is 0 Å². The summed E-state index contributed by atoms with van der Waals surface area (Å²) in [7, 11) is 3.00. The monoisotopic (exact) mass is 219 g/mol. The molecule has 72 valence electrons. The van der Waals surface area contributed by atoms with E-state index in [1.54, 1.807) is 0 Å². The second kappa shape index (κ2) is 125. The minimum absolute atomic E-state index is 0. The quantitative estimate of drug-likeness (QED) is 0.291. The molecule has 0 aliphatic heterocycles. The van der Waals surface area contributed by atoms with Gasteiger partial charge < -0.3 is 27.9 Å². The predicted molar refractivity (Wildman–Crippen MR) is 48.0 cm³/mol. The maximum Gasteiger partial charge on any atom is 0.0319 e. The molecule has 0 aliphatic carbocycles. The van der Waals surface area contributed by atoms with Crippen LogP contribution in [0.15, 0.2) is 0 Å². The van der Waals surface area contributed by atoms with Crippen LogP contribution in [0.1, 0.15) is 13.3 Å². The molecule has 3 nitrogen and oxygen atoms in total. The van der Waals surface area contributed by atoms with Gasteiger partial charge in [0.05, 0.1) is 0 Å². The molecule has 0 aromatic rings. The zero-order valence-electron chi connectivity index (χ0n) is 7.57. The van der Waals surface area contributed by atoms with Gasteiger partial charge >= 0.3 is 0 Å². The summed E-state index contributed by atoms with van der Waals surface area (Å²) in [4.78, 5) is 0. The minimum Gasteiger partial charge on any atom is -0.400 e. The first-order valence-electron chi connectivity index (χ1n) is 2.72. The Morgan fingerprint density at radius 3 is 1.09 bits per heavy atom. The third-order valence-corrected chi connectivity index (χ3v) is 0.548. The number of aliphatic hydroxyl groups excluding tert-OH is 3. The van der Waals surface area contributed by atoms with E-state index < -0.39 is 0 Å². The number of rotatable bonds is 1. The van der Waals surface area contributed by atoms with Gasteiger partial charge in [-0.3, -0.25) is 5.75 Å². The van der Waals surface area contributed by atoms with Crippen LogP contribution in [-0.4, -0.2) is 36.6 Å². The van der Waals surface area contributed by atoms with Crippen molar-refractivity contribution < 1.29 is 37.0 Å². The topological polar surface area (TPSA) is 60.7 Å². The second-order valence-electron chi connectivity index (χ2n) is 0.591. The molecule has 0 aliphatic rings. The standard InChI is InChI=1S/C3H7S.3CH4O.Ti/c1-2-3-4;3*1-2;/h3-4H,2H2,1H3;3*2H,1H3;/q-1;;;;. The molecule has 0 unspecified atom stereocenters. The Bertz CT molecular complexity index is 19.8. The fourth-order valence-electron chi connectivity index (χ4n) is 0. The number of hydrogen-bond donors (Lipinski definition) is 4. The van der Waals surface area contributed by atoms with Gasteiger partial charge in [-0.25, -0.2) is 0 Å². The average molecular weight is 219 g/mol. The first kappa shape index (κ1) is 29.7. The van der Waals surface area contributed by atoms with E-state index in [1.807, 2.05) is 12.7 Å². The number of aliphatic hydroxyl groups is 3. The zero-order chi connectivity index (χ0) is 9.41. The molecule has 0 rings (SSSR count). The van der Waals surface area contributed by atoms with Crippen LogP contribution in [0, 0.1) is 5.75 Å². The third kappa shape index (κ3) is 232. The largest absolute Gasteiger partial charge is 0.400 e. The Hall–Kier alpha value is 0.944. The fourth-order valence-corrected chi connectivity index (χ4v) is 0. The summed E-state index contributed by atoms with van der Waals surface area (Å²) < 4.78 is 0. The summed E-state index contributed by atoms with van der Waals surface area (Å²) in [5.41, 5.74) is 0. The predicted octanol–water partition coefficient (Wildman–Crippen LogP) is 0.311. The second-order valence-corrected chi connectivity index (χ2v) is 0.956. The Morgan fingerprint density at radius 2 is 1.09 bits per heavy atom. The summed E-state index contributed by atoms with van der Waals surface area (Å²) in [6.07, 6.45) is 1.06. The molecule has 0 aromatic carbocycles. The molecule has 0 aromatic heterocycles. The van der Waals surface area contributed by atoms with E-state index in [4.69, 9.17) is 15.3 Å². The van der Waals surface area contributed by atoms with E-state index in [1.165, 1.54) is 0 Å². The van der Waals surface area contributed by atoms with Crippen LogP contribution in [0.5, 0.6) is 0 Å². The molecule has 11 heavy (non-hydrogen) atoms. The average Bonchev–Trinajstić information content (AvgIpc) is 2.14. The van der Waals surface area contributed by atoms with E-state index in [-0.39, 0.29) is 21.7 Å². The summed E-state index contributed by atoms with van der Waals surface area (Å²) >= 11 is 3.80. The SMILES string of the molecule is CC[CH-]S.CO.CO.CO.[Ti]. The van der Waals surface area contributed by atoms with Crippen molar-refractivity contribution in [3.63, 3.8) is 0 Å². The molecular weight excluding hydrogens is 200 g/mol. The zero-order valence-corrected chi connectivity index (χ0v) is 10.0. The normalized spacial score (nSPS) is 4.36. The molecule has 0 bridgehead atoms. The molecule has 5 heteroatoms.